The molecule has 1 saturated heterocycles. The van der Waals surface area contributed by atoms with Crippen LogP contribution in [0.4, 0.5) is 8.78 Å². The minimum absolute atomic E-state index is 0.0213. The van der Waals surface area contributed by atoms with Crippen molar-refractivity contribution in [1.29, 1.82) is 0 Å². The van der Waals surface area contributed by atoms with Crippen molar-refractivity contribution in [3.05, 3.63) is 107 Å². The van der Waals surface area contributed by atoms with Crippen LogP contribution in [0.15, 0.2) is 78.9 Å². The highest BCUT2D eigenvalue weighted by atomic mass is 19.1. The van der Waals surface area contributed by atoms with Gasteiger partial charge in [-0.2, -0.15) is 0 Å². The molecule has 1 aromatic heterocycles. The first-order chi connectivity index (χ1) is 18.4. The van der Waals surface area contributed by atoms with Gasteiger partial charge in [0.05, 0.1) is 29.6 Å². The SMILES string of the molecule is COc1cccc(-c2cc(C(=O)N3CCN(C(=O)c4ccccc4F)CC3)c(C)n2-c2ccccc2F)c1. The smallest absolute Gasteiger partial charge is 0.256 e. The summed E-state index contributed by atoms with van der Waals surface area (Å²) in [6.45, 7) is 2.97. The second kappa shape index (κ2) is 10.5. The molecule has 3 aromatic carbocycles. The molecule has 1 fully saturated rings. The van der Waals surface area contributed by atoms with Crippen LogP contribution in [0.3, 0.4) is 0 Å². The third-order valence-corrected chi connectivity index (χ3v) is 6.89. The Hall–Kier alpha value is -4.46. The van der Waals surface area contributed by atoms with E-state index in [2.05, 4.69) is 0 Å². The third kappa shape index (κ3) is 4.65. The Balaban J connectivity index is 1.45. The van der Waals surface area contributed by atoms with E-state index in [0.29, 0.717) is 41.5 Å². The van der Waals surface area contributed by atoms with E-state index in [-0.39, 0.29) is 24.6 Å². The molecule has 0 saturated carbocycles. The molecule has 4 aromatic rings. The maximum absolute atomic E-state index is 14.9. The zero-order valence-electron chi connectivity index (χ0n) is 21.2. The van der Waals surface area contributed by atoms with Crippen LogP contribution in [-0.4, -0.2) is 59.5 Å². The lowest BCUT2D eigenvalue weighted by molar-refractivity contribution is 0.0532. The fraction of sp³-hybridized carbons (Fsp3) is 0.200. The van der Waals surface area contributed by atoms with Gasteiger partial charge in [0, 0.05) is 37.4 Å². The van der Waals surface area contributed by atoms with Crippen molar-refractivity contribution in [1.82, 2.24) is 14.4 Å². The van der Waals surface area contributed by atoms with Crippen molar-refractivity contribution in [2.24, 2.45) is 0 Å². The highest BCUT2D eigenvalue weighted by Gasteiger charge is 2.29. The molecule has 38 heavy (non-hydrogen) atoms. The average Bonchev–Trinajstić information content (AvgIpc) is 3.29. The fourth-order valence-electron chi connectivity index (χ4n) is 4.85. The predicted molar refractivity (Wildman–Crippen MR) is 141 cm³/mol. The van der Waals surface area contributed by atoms with Crippen molar-refractivity contribution < 1.29 is 23.1 Å². The van der Waals surface area contributed by atoms with Gasteiger partial charge in [0.1, 0.15) is 17.4 Å². The lowest BCUT2D eigenvalue weighted by Gasteiger charge is -2.35. The van der Waals surface area contributed by atoms with Gasteiger partial charge < -0.3 is 19.1 Å². The Morgan fingerprint density at radius 1 is 0.737 bits per heavy atom. The first-order valence-electron chi connectivity index (χ1n) is 12.3. The van der Waals surface area contributed by atoms with Crippen LogP contribution >= 0.6 is 0 Å². The van der Waals surface area contributed by atoms with Gasteiger partial charge in [-0.05, 0) is 49.4 Å². The topological polar surface area (TPSA) is 54.8 Å². The quantitative estimate of drug-likeness (QED) is 0.361. The molecule has 2 heterocycles. The minimum atomic E-state index is -0.564. The number of carbonyl (C=O) groups is 2. The lowest BCUT2D eigenvalue weighted by Crippen LogP contribution is -2.50. The first-order valence-corrected chi connectivity index (χ1v) is 12.3. The standard InChI is InChI=1S/C30H27F2N3O3/c1-20-24(30(37)34-16-14-33(15-17-34)29(36)23-10-3-4-11-25(23)31)19-28(21-8-7-9-22(18-21)38-2)35(20)27-13-6-5-12-26(27)32/h3-13,18-19H,14-17H2,1-2H3. The monoisotopic (exact) mass is 515 g/mol. The van der Waals surface area contributed by atoms with Crippen LogP contribution < -0.4 is 4.74 Å². The molecule has 8 heteroatoms. The zero-order valence-corrected chi connectivity index (χ0v) is 21.2. The highest BCUT2D eigenvalue weighted by Crippen LogP contribution is 2.33. The van der Waals surface area contributed by atoms with Gasteiger partial charge >= 0.3 is 0 Å². The van der Waals surface area contributed by atoms with Gasteiger partial charge in [-0.3, -0.25) is 9.59 Å². The molecule has 2 amide bonds. The van der Waals surface area contributed by atoms with Gasteiger partial charge in [0.15, 0.2) is 0 Å². The Morgan fingerprint density at radius 2 is 1.34 bits per heavy atom. The number of carbonyl (C=O) groups excluding carboxylic acids is 2. The molecule has 0 atom stereocenters. The van der Waals surface area contributed by atoms with Crippen LogP contribution in [0.25, 0.3) is 16.9 Å². The molecule has 0 bridgehead atoms. The summed E-state index contributed by atoms with van der Waals surface area (Å²) in [7, 11) is 1.58. The Bertz CT molecular complexity index is 1510. The van der Waals surface area contributed by atoms with Gasteiger partial charge in [0.2, 0.25) is 0 Å². The molecular weight excluding hydrogens is 488 g/mol. The van der Waals surface area contributed by atoms with Crippen molar-refractivity contribution in [3.63, 3.8) is 0 Å². The summed E-state index contributed by atoms with van der Waals surface area (Å²) < 4.78 is 36.2. The van der Waals surface area contributed by atoms with Crippen LogP contribution in [0.2, 0.25) is 0 Å². The molecule has 194 valence electrons. The number of benzene rings is 3. The van der Waals surface area contributed by atoms with E-state index in [0.717, 1.165) is 5.56 Å². The van der Waals surface area contributed by atoms with Gasteiger partial charge in [-0.1, -0.05) is 36.4 Å². The predicted octanol–water partition coefficient (Wildman–Crippen LogP) is 5.34. The number of hydrogen-bond acceptors (Lipinski definition) is 3. The summed E-state index contributed by atoms with van der Waals surface area (Å²) in [5.41, 5.74) is 2.83. The molecule has 0 unspecified atom stereocenters. The Morgan fingerprint density at radius 3 is 1.97 bits per heavy atom. The number of aromatic nitrogens is 1. The van der Waals surface area contributed by atoms with Crippen molar-refractivity contribution in [2.75, 3.05) is 33.3 Å². The molecule has 0 spiro atoms. The van der Waals surface area contributed by atoms with E-state index in [4.69, 9.17) is 4.74 Å². The van der Waals surface area contributed by atoms with Gasteiger partial charge in [-0.25, -0.2) is 8.78 Å². The van der Waals surface area contributed by atoms with Crippen LogP contribution in [-0.2, 0) is 0 Å². The number of piperazine rings is 1. The summed E-state index contributed by atoms with van der Waals surface area (Å²) in [5, 5.41) is 0. The third-order valence-electron chi connectivity index (χ3n) is 6.89. The van der Waals surface area contributed by atoms with Crippen LogP contribution in [0, 0.1) is 18.6 Å². The summed E-state index contributed by atoms with van der Waals surface area (Å²) >= 11 is 0. The van der Waals surface area contributed by atoms with Gasteiger partial charge in [0.25, 0.3) is 11.8 Å². The maximum Gasteiger partial charge on any atom is 0.256 e. The Kier molecular flexibility index (Phi) is 6.96. The van der Waals surface area contributed by atoms with E-state index in [1.807, 2.05) is 24.3 Å². The highest BCUT2D eigenvalue weighted by molar-refractivity contribution is 5.98. The Labute approximate surface area is 219 Å². The van der Waals surface area contributed by atoms with Gasteiger partial charge in [-0.15, -0.1) is 0 Å². The average molecular weight is 516 g/mol. The summed E-state index contributed by atoms with van der Waals surface area (Å²) in [4.78, 5) is 29.7. The minimum Gasteiger partial charge on any atom is -0.497 e. The molecule has 6 nitrogen and oxygen atoms in total. The van der Waals surface area contributed by atoms with Crippen LogP contribution in [0.1, 0.15) is 26.4 Å². The van der Waals surface area contributed by atoms with E-state index in [1.54, 1.807) is 58.7 Å². The first kappa shape index (κ1) is 25.2. The number of para-hydroxylation sites is 1. The molecule has 0 radical (unpaired) electrons. The maximum atomic E-state index is 14.9. The second-order valence-electron chi connectivity index (χ2n) is 9.11. The van der Waals surface area contributed by atoms with E-state index in [1.165, 1.54) is 24.3 Å². The fourth-order valence-corrected chi connectivity index (χ4v) is 4.85. The second-order valence-corrected chi connectivity index (χ2v) is 9.11. The lowest BCUT2D eigenvalue weighted by atomic mass is 10.1. The number of ether oxygens (including phenoxy) is 1. The summed E-state index contributed by atoms with van der Waals surface area (Å²) in [5.74, 6) is -0.928. The molecule has 5 rings (SSSR count). The number of nitrogens with zero attached hydrogens (tertiary/aromatic N) is 3. The molecule has 1 aliphatic heterocycles. The molecule has 0 N–H and O–H groups in total. The van der Waals surface area contributed by atoms with E-state index < -0.39 is 17.5 Å². The van der Waals surface area contributed by atoms with E-state index >= 15 is 0 Å². The van der Waals surface area contributed by atoms with Crippen molar-refractivity contribution in [3.8, 4) is 22.7 Å². The van der Waals surface area contributed by atoms with Crippen LogP contribution in [0.5, 0.6) is 5.75 Å². The molecular formula is C30H27F2N3O3. The molecule has 1 aliphatic rings. The normalized spacial score (nSPS) is 13.5. The van der Waals surface area contributed by atoms with Crippen molar-refractivity contribution >= 4 is 11.8 Å². The number of rotatable bonds is 5. The van der Waals surface area contributed by atoms with Crippen molar-refractivity contribution in [2.45, 2.75) is 6.92 Å². The number of amides is 2. The zero-order chi connectivity index (χ0) is 26.8. The summed E-state index contributed by atoms with van der Waals surface area (Å²) in [6.07, 6.45) is 0. The number of halogens is 2. The van der Waals surface area contributed by atoms with E-state index in [9.17, 15) is 18.4 Å². The number of methoxy groups -OCH3 is 1. The molecule has 0 aliphatic carbocycles. The largest absolute Gasteiger partial charge is 0.497 e. The summed E-state index contributed by atoms with van der Waals surface area (Å²) in [6, 6.07) is 21.5. The number of hydrogen-bond donors (Lipinski definition) is 0.